The van der Waals surface area contributed by atoms with Crippen LogP contribution in [0.5, 0.6) is 0 Å². The lowest BCUT2D eigenvalue weighted by molar-refractivity contribution is -0.131. The van der Waals surface area contributed by atoms with E-state index in [1.165, 1.54) is 0 Å². The first-order chi connectivity index (χ1) is 14.0. The van der Waals surface area contributed by atoms with Crippen LogP contribution in [0.25, 0.3) is 6.08 Å². The number of carbonyl (C=O) groups excluding carboxylic acids is 1. The van der Waals surface area contributed by atoms with E-state index >= 15 is 0 Å². The SMILES string of the molecule is C=CCN(CC=C)CCN1CCN(C(=O)CN2CC(Br)=Cc3[nH]c(=O)sc32)CC1. The number of aromatic nitrogens is 1. The molecule has 29 heavy (non-hydrogen) atoms. The van der Waals surface area contributed by atoms with Gasteiger partial charge < -0.3 is 14.8 Å². The van der Waals surface area contributed by atoms with E-state index in [0.717, 1.165) is 78.9 Å². The van der Waals surface area contributed by atoms with Crippen molar-refractivity contribution in [3.05, 3.63) is 45.2 Å². The zero-order chi connectivity index (χ0) is 20.8. The Bertz CT molecular complexity index is 815. The van der Waals surface area contributed by atoms with Gasteiger partial charge in [0.1, 0.15) is 5.00 Å². The molecule has 1 N–H and O–H groups in total. The van der Waals surface area contributed by atoms with Gasteiger partial charge in [-0.25, -0.2) is 0 Å². The zero-order valence-corrected chi connectivity index (χ0v) is 19.0. The normalized spacial score (nSPS) is 17.2. The second kappa shape index (κ2) is 10.4. The van der Waals surface area contributed by atoms with E-state index in [2.05, 4.69) is 43.9 Å². The zero-order valence-electron chi connectivity index (χ0n) is 16.6. The van der Waals surface area contributed by atoms with E-state index in [-0.39, 0.29) is 17.3 Å². The number of rotatable bonds is 9. The van der Waals surface area contributed by atoms with Gasteiger partial charge in [0, 0.05) is 56.8 Å². The minimum Gasteiger partial charge on any atom is -0.347 e. The van der Waals surface area contributed by atoms with Crippen molar-refractivity contribution in [2.24, 2.45) is 0 Å². The van der Waals surface area contributed by atoms with Crippen LogP contribution in [0.3, 0.4) is 0 Å². The Balaban J connectivity index is 1.48. The maximum atomic E-state index is 12.8. The molecule has 0 unspecified atom stereocenters. The van der Waals surface area contributed by atoms with E-state index in [4.69, 9.17) is 0 Å². The fourth-order valence-electron chi connectivity index (χ4n) is 3.64. The molecule has 1 amide bonds. The number of nitrogens with zero attached hydrogens (tertiary/aromatic N) is 4. The van der Waals surface area contributed by atoms with Gasteiger partial charge in [0.05, 0.1) is 18.8 Å². The molecule has 9 heteroatoms. The number of nitrogens with one attached hydrogen (secondary N) is 1. The third-order valence-electron chi connectivity index (χ3n) is 5.14. The maximum absolute atomic E-state index is 12.8. The lowest BCUT2D eigenvalue weighted by atomic mass is 10.2. The molecule has 0 atom stereocenters. The van der Waals surface area contributed by atoms with Gasteiger partial charge in [-0.2, -0.15) is 0 Å². The first-order valence-electron chi connectivity index (χ1n) is 9.78. The largest absolute Gasteiger partial charge is 0.347 e. The van der Waals surface area contributed by atoms with E-state index in [9.17, 15) is 9.59 Å². The molecule has 2 aliphatic rings. The van der Waals surface area contributed by atoms with Crippen LogP contribution in [-0.2, 0) is 4.79 Å². The number of fused-ring (bicyclic) bond motifs is 1. The molecule has 1 aromatic heterocycles. The van der Waals surface area contributed by atoms with Crippen molar-refractivity contribution in [3.8, 4) is 0 Å². The number of piperazine rings is 1. The highest BCUT2D eigenvalue weighted by atomic mass is 79.9. The molecule has 0 spiro atoms. The molecular weight excluding hydrogens is 454 g/mol. The summed E-state index contributed by atoms with van der Waals surface area (Å²) in [6, 6.07) is 0. The van der Waals surface area contributed by atoms with Crippen LogP contribution in [0.15, 0.2) is 34.6 Å². The molecule has 0 bridgehead atoms. The second-order valence-corrected chi connectivity index (χ2v) is 9.22. The van der Waals surface area contributed by atoms with Crippen molar-refractivity contribution in [3.63, 3.8) is 0 Å². The Labute approximate surface area is 184 Å². The number of amides is 1. The molecule has 3 heterocycles. The molecule has 1 saturated heterocycles. The van der Waals surface area contributed by atoms with Gasteiger partial charge in [0.25, 0.3) is 0 Å². The molecule has 1 aromatic rings. The fraction of sp³-hybridized carbons (Fsp3) is 0.500. The molecule has 158 valence electrons. The summed E-state index contributed by atoms with van der Waals surface area (Å²) in [4.78, 5) is 35.9. The number of anilines is 1. The van der Waals surface area contributed by atoms with Crippen LogP contribution in [0, 0.1) is 0 Å². The quantitative estimate of drug-likeness (QED) is 0.545. The van der Waals surface area contributed by atoms with Gasteiger partial charge in [0.15, 0.2) is 0 Å². The lowest BCUT2D eigenvalue weighted by Gasteiger charge is -2.37. The highest BCUT2D eigenvalue weighted by molar-refractivity contribution is 9.11. The van der Waals surface area contributed by atoms with E-state index < -0.39 is 0 Å². The maximum Gasteiger partial charge on any atom is 0.306 e. The van der Waals surface area contributed by atoms with Crippen molar-refractivity contribution in [1.29, 1.82) is 0 Å². The first kappa shape index (κ1) is 22.0. The molecular formula is C20H28BrN5O2S. The van der Waals surface area contributed by atoms with E-state index in [1.54, 1.807) is 0 Å². The van der Waals surface area contributed by atoms with Crippen molar-refractivity contribution >= 4 is 44.3 Å². The minimum atomic E-state index is -0.0959. The average Bonchev–Trinajstić information content (AvgIpc) is 3.07. The topological polar surface area (TPSA) is 62.9 Å². The molecule has 3 rings (SSSR count). The molecule has 0 radical (unpaired) electrons. The third-order valence-corrected chi connectivity index (χ3v) is 6.58. The van der Waals surface area contributed by atoms with Crippen LogP contribution in [0.2, 0.25) is 0 Å². The van der Waals surface area contributed by atoms with Gasteiger partial charge in [0.2, 0.25) is 5.91 Å². The summed E-state index contributed by atoms with van der Waals surface area (Å²) in [7, 11) is 0. The smallest absolute Gasteiger partial charge is 0.306 e. The number of aromatic amines is 1. The number of halogens is 1. The summed E-state index contributed by atoms with van der Waals surface area (Å²) in [6.07, 6.45) is 5.75. The number of thiazole rings is 1. The van der Waals surface area contributed by atoms with Crippen LogP contribution < -0.4 is 9.77 Å². The van der Waals surface area contributed by atoms with Gasteiger partial charge in [-0.15, -0.1) is 13.2 Å². The van der Waals surface area contributed by atoms with Crippen LogP contribution in [-0.4, -0.2) is 91.0 Å². The molecule has 0 aliphatic carbocycles. The first-order valence-corrected chi connectivity index (χ1v) is 11.4. The van der Waals surface area contributed by atoms with E-state index in [1.807, 2.05) is 28.0 Å². The van der Waals surface area contributed by atoms with Crippen LogP contribution in [0.1, 0.15) is 5.69 Å². The Morgan fingerprint density at radius 3 is 2.59 bits per heavy atom. The number of hydrogen-bond acceptors (Lipinski definition) is 6. The Morgan fingerprint density at radius 1 is 1.24 bits per heavy atom. The van der Waals surface area contributed by atoms with Crippen molar-refractivity contribution < 1.29 is 4.79 Å². The van der Waals surface area contributed by atoms with Crippen LogP contribution >= 0.6 is 27.3 Å². The summed E-state index contributed by atoms with van der Waals surface area (Å²) in [6.45, 7) is 15.4. The van der Waals surface area contributed by atoms with Gasteiger partial charge in [-0.1, -0.05) is 39.4 Å². The second-order valence-electron chi connectivity index (χ2n) is 7.24. The Kier molecular flexibility index (Phi) is 7.88. The summed E-state index contributed by atoms with van der Waals surface area (Å²) < 4.78 is 0.959. The number of hydrogen-bond donors (Lipinski definition) is 1. The molecule has 1 fully saturated rings. The Hall–Kier alpha value is -1.68. The van der Waals surface area contributed by atoms with Gasteiger partial charge >= 0.3 is 4.87 Å². The van der Waals surface area contributed by atoms with Crippen molar-refractivity contribution in [1.82, 2.24) is 19.7 Å². The molecule has 2 aliphatic heterocycles. The monoisotopic (exact) mass is 481 g/mol. The summed E-state index contributed by atoms with van der Waals surface area (Å²) >= 11 is 4.67. The highest BCUT2D eigenvalue weighted by Gasteiger charge is 2.26. The highest BCUT2D eigenvalue weighted by Crippen LogP contribution is 2.31. The summed E-state index contributed by atoms with van der Waals surface area (Å²) in [5.74, 6) is 0.110. The minimum absolute atomic E-state index is 0.0959. The van der Waals surface area contributed by atoms with Crippen molar-refractivity contribution in [2.45, 2.75) is 0 Å². The fourth-order valence-corrected chi connectivity index (χ4v) is 4.98. The van der Waals surface area contributed by atoms with Gasteiger partial charge in [-0.3, -0.25) is 19.4 Å². The average molecular weight is 482 g/mol. The number of carbonyl (C=O) groups is 1. The standard InChI is InChI=1S/C20H28BrN5O2S/c1-3-5-23(6-4-2)7-8-24-9-11-25(12-10-24)18(27)15-26-14-16(21)13-17-19(26)29-20(28)22-17/h3-4,13H,1-2,5-12,14-15H2,(H,22,28). The Morgan fingerprint density at radius 2 is 1.93 bits per heavy atom. The molecule has 0 saturated carbocycles. The predicted molar refractivity (Wildman–Crippen MR) is 124 cm³/mol. The third kappa shape index (κ3) is 5.91. The van der Waals surface area contributed by atoms with Crippen molar-refractivity contribution in [2.75, 3.05) is 70.3 Å². The van der Waals surface area contributed by atoms with Gasteiger partial charge in [-0.05, 0) is 6.08 Å². The lowest BCUT2D eigenvalue weighted by Crippen LogP contribution is -2.52. The summed E-state index contributed by atoms with van der Waals surface area (Å²) in [5.41, 5.74) is 0.777. The predicted octanol–water partition coefficient (Wildman–Crippen LogP) is 1.81. The number of H-pyrrole nitrogens is 1. The van der Waals surface area contributed by atoms with Crippen LogP contribution in [0.4, 0.5) is 5.00 Å². The molecule has 0 aromatic carbocycles. The van der Waals surface area contributed by atoms with E-state index in [0.29, 0.717) is 6.54 Å². The summed E-state index contributed by atoms with van der Waals surface area (Å²) in [5, 5.41) is 0.842. The molecule has 7 nitrogen and oxygen atoms in total.